The molecule has 4 heteroatoms. The van der Waals surface area contributed by atoms with Crippen molar-refractivity contribution in [3.05, 3.63) is 69.2 Å². The first-order chi connectivity index (χ1) is 8.97. The summed E-state index contributed by atoms with van der Waals surface area (Å²) in [4.78, 5) is 0. The summed E-state index contributed by atoms with van der Waals surface area (Å²) in [6.07, 6.45) is -0.692. The molecule has 0 spiro atoms. The zero-order chi connectivity index (χ0) is 14.0. The molecule has 0 saturated heterocycles. The van der Waals surface area contributed by atoms with Crippen LogP contribution in [0.3, 0.4) is 0 Å². The highest BCUT2D eigenvalue weighted by Gasteiger charge is 2.14. The molecule has 1 unspecified atom stereocenters. The second kappa shape index (κ2) is 5.80. The molecular formula is C15H13BrF2O. The standard InChI is InChI=1S/C15H13BrF2O/c1-9-6-12(17)4-5-13(9)15(19)7-10-2-3-11(16)8-14(10)18/h2-6,8,15,19H,7H2,1H3. The van der Waals surface area contributed by atoms with Crippen LogP contribution in [0.15, 0.2) is 40.9 Å². The fraction of sp³-hybridized carbons (Fsp3) is 0.200. The Hall–Kier alpha value is -1.26. The van der Waals surface area contributed by atoms with E-state index in [1.807, 2.05) is 0 Å². The van der Waals surface area contributed by atoms with Gasteiger partial charge in [-0.05, 0) is 47.9 Å². The lowest BCUT2D eigenvalue weighted by Crippen LogP contribution is -2.05. The van der Waals surface area contributed by atoms with E-state index in [2.05, 4.69) is 15.9 Å². The largest absolute Gasteiger partial charge is 0.388 e. The zero-order valence-corrected chi connectivity index (χ0v) is 11.9. The maximum atomic E-state index is 13.7. The Balaban J connectivity index is 2.23. The normalized spacial score (nSPS) is 12.5. The fourth-order valence-corrected chi connectivity index (χ4v) is 2.35. The average molecular weight is 327 g/mol. The van der Waals surface area contributed by atoms with Crippen LogP contribution in [0.4, 0.5) is 8.78 Å². The second-order valence-electron chi connectivity index (χ2n) is 4.46. The van der Waals surface area contributed by atoms with Crippen molar-refractivity contribution in [2.45, 2.75) is 19.4 Å². The predicted octanol–water partition coefficient (Wildman–Crippen LogP) is 4.31. The van der Waals surface area contributed by atoms with E-state index in [9.17, 15) is 13.9 Å². The van der Waals surface area contributed by atoms with E-state index in [0.717, 1.165) is 0 Å². The molecule has 0 saturated carbocycles. The molecule has 0 bridgehead atoms. The number of aryl methyl sites for hydroxylation is 1. The van der Waals surface area contributed by atoms with E-state index < -0.39 is 6.10 Å². The second-order valence-corrected chi connectivity index (χ2v) is 5.37. The van der Waals surface area contributed by atoms with Crippen molar-refractivity contribution >= 4 is 15.9 Å². The molecule has 0 aliphatic heterocycles. The Morgan fingerprint density at radius 1 is 1.16 bits per heavy atom. The predicted molar refractivity (Wildman–Crippen MR) is 73.9 cm³/mol. The summed E-state index contributed by atoms with van der Waals surface area (Å²) in [7, 11) is 0. The maximum absolute atomic E-state index is 13.7. The Labute approximate surface area is 119 Å². The van der Waals surface area contributed by atoms with Gasteiger partial charge >= 0.3 is 0 Å². The molecule has 0 amide bonds. The molecule has 0 aliphatic carbocycles. The minimum absolute atomic E-state index is 0.158. The number of aliphatic hydroxyl groups excluding tert-OH is 1. The number of halogens is 3. The van der Waals surface area contributed by atoms with E-state index >= 15 is 0 Å². The zero-order valence-electron chi connectivity index (χ0n) is 10.3. The SMILES string of the molecule is Cc1cc(F)ccc1C(O)Cc1ccc(Br)cc1F. The molecule has 2 rings (SSSR count). The molecule has 1 nitrogen and oxygen atoms in total. The van der Waals surface area contributed by atoms with Crippen molar-refractivity contribution in [3.8, 4) is 0 Å². The number of benzene rings is 2. The quantitative estimate of drug-likeness (QED) is 0.891. The van der Waals surface area contributed by atoms with Gasteiger partial charge in [0.05, 0.1) is 6.10 Å². The third-order valence-corrected chi connectivity index (χ3v) is 3.51. The molecule has 0 fully saturated rings. The van der Waals surface area contributed by atoms with Gasteiger partial charge < -0.3 is 5.11 Å². The van der Waals surface area contributed by atoms with Gasteiger partial charge in [0, 0.05) is 10.9 Å². The number of rotatable bonds is 3. The first-order valence-electron chi connectivity index (χ1n) is 5.85. The summed E-state index contributed by atoms with van der Waals surface area (Å²) >= 11 is 3.18. The lowest BCUT2D eigenvalue weighted by molar-refractivity contribution is 0.176. The van der Waals surface area contributed by atoms with E-state index in [0.29, 0.717) is 21.2 Å². The Morgan fingerprint density at radius 2 is 1.89 bits per heavy atom. The Bertz CT molecular complexity index is 599. The van der Waals surface area contributed by atoms with Crippen molar-refractivity contribution in [2.75, 3.05) is 0 Å². The van der Waals surface area contributed by atoms with E-state index in [-0.39, 0.29) is 18.1 Å². The van der Waals surface area contributed by atoms with Crippen LogP contribution >= 0.6 is 15.9 Å². The smallest absolute Gasteiger partial charge is 0.127 e. The first kappa shape index (κ1) is 14.2. The van der Waals surface area contributed by atoms with Crippen LogP contribution in [0.2, 0.25) is 0 Å². The highest BCUT2D eigenvalue weighted by atomic mass is 79.9. The summed E-state index contributed by atoms with van der Waals surface area (Å²) in [6.45, 7) is 1.72. The van der Waals surface area contributed by atoms with Crippen LogP contribution in [0, 0.1) is 18.6 Å². The fourth-order valence-electron chi connectivity index (χ4n) is 2.02. The molecule has 2 aromatic rings. The number of hydrogen-bond donors (Lipinski definition) is 1. The molecule has 0 aliphatic rings. The summed E-state index contributed by atoms with van der Waals surface area (Å²) in [5.74, 6) is -0.712. The average Bonchev–Trinajstić information content (AvgIpc) is 2.32. The molecule has 2 aromatic carbocycles. The number of aliphatic hydroxyl groups is 1. The first-order valence-corrected chi connectivity index (χ1v) is 6.64. The molecule has 19 heavy (non-hydrogen) atoms. The summed E-state index contributed by atoms with van der Waals surface area (Å²) in [5.41, 5.74) is 1.70. The molecular weight excluding hydrogens is 314 g/mol. The minimum atomic E-state index is -0.851. The van der Waals surface area contributed by atoms with Crippen molar-refractivity contribution < 1.29 is 13.9 Å². The molecule has 1 atom stereocenters. The van der Waals surface area contributed by atoms with Crippen molar-refractivity contribution in [1.82, 2.24) is 0 Å². The summed E-state index contributed by atoms with van der Waals surface area (Å²) in [6, 6.07) is 8.90. The molecule has 1 N–H and O–H groups in total. The monoisotopic (exact) mass is 326 g/mol. The molecule has 0 radical (unpaired) electrons. The molecule has 0 aromatic heterocycles. The van der Waals surface area contributed by atoms with E-state index in [1.165, 1.54) is 24.3 Å². The van der Waals surface area contributed by atoms with Gasteiger partial charge in [-0.3, -0.25) is 0 Å². The Morgan fingerprint density at radius 3 is 2.53 bits per heavy atom. The van der Waals surface area contributed by atoms with Gasteiger partial charge in [-0.2, -0.15) is 0 Å². The summed E-state index contributed by atoms with van der Waals surface area (Å²) < 4.78 is 27.3. The maximum Gasteiger partial charge on any atom is 0.127 e. The van der Waals surface area contributed by atoms with E-state index in [4.69, 9.17) is 0 Å². The van der Waals surface area contributed by atoms with Crippen molar-refractivity contribution in [1.29, 1.82) is 0 Å². The van der Waals surface area contributed by atoms with Crippen molar-refractivity contribution in [2.24, 2.45) is 0 Å². The topological polar surface area (TPSA) is 20.2 Å². The van der Waals surface area contributed by atoms with E-state index in [1.54, 1.807) is 19.1 Å². The van der Waals surface area contributed by atoms with Crippen LogP contribution in [-0.4, -0.2) is 5.11 Å². The van der Waals surface area contributed by atoms with Crippen LogP contribution in [0.1, 0.15) is 22.8 Å². The molecule has 0 heterocycles. The highest BCUT2D eigenvalue weighted by Crippen LogP contribution is 2.24. The van der Waals surface area contributed by atoms with Crippen LogP contribution in [-0.2, 0) is 6.42 Å². The third-order valence-electron chi connectivity index (χ3n) is 3.02. The number of hydrogen-bond acceptors (Lipinski definition) is 1. The van der Waals surface area contributed by atoms with Gasteiger partial charge in [-0.1, -0.05) is 28.1 Å². The third kappa shape index (κ3) is 3.39. The van der Waals surface area contributed by atoms with Crippen LogP contribution in [0.5, 0.6) is 0 Å². The van der Waals surface area contributed by atoms with Gasteiger partial charge in [0.25, 0.3) is 0 Å². The van der Waals surface area contributed by atoms with Gasteiger partial charge in [0.1, 0.15) is 11.6 Å². The summed E-state index contributed by atoms with van der Waals surface area (Å²) in [5, 5.41) is 10.1. The van der Waals surface area contributed by atoms with Crippen molar-refractivity contribution in [3.63, 3.8) is 0 Å². The lowest BCUT2D eigenvalue weighted by atomic mass is 9.97. The minimum Gasteiger partial charge on any atom is -0.388 e. The van der Waals surface area contributed by atoms with Gasteiger partial charge in [0.2, 0.25) is 0 Å². The van der Waals surface area contributed by atoms with Gasteiger partial charge in [-0.25, -0.2) is 8.78 Å². The highest BCUT2D eigenvalue weighted by molar-refractivity contribution is 9.10. The van der Waals surface area contributed by atoms with Crippen LogP contribution < -0.4 is 0 Å². The van der Waals surface area contributed by atoms with Gasteiger partial charge in [0.15, 0.2) is 0 Å². The Kier molecular flexibility index (Phi) is 4.32. The molecule has 100 valence electrons. The lowest BCUT2D eigenvalue weighted by Gasteiger charge is -2.14. The van der Waals surface area contributed by atoms with Crippen LogP contribution in [0.25, 0.3) is 0 Å². The van der Waals surface area contributed by atoms with Gasteiger partial charge in [-0.15, -0.1) is 0 Å².